The quantitative estimate of drug-likeness (QED) is 0.682. The van der Waals surface area contributed by atoms with Gasteiger partial charge in [-0.25, -0.2) is 0 Å². The van der Waals surface area contributed by atoms with E-state index in [4.69, 9.17) is 0 Å². The average molecular weight is 183 g/mol. The average Bonchev–Trinajstić information content (AvgIpc) is 2.78. The maximum absolute atomic E-state index is 10.5. The lowest BCUT2D eigenvalue weighted by Gasteiger charge is -2.35. The van der Waals surface area contributed by atoms with Gasteiger partial charge in [-0.1, -0.05) is 12.8 Å². The molecule has 2 atom stereocenters. The molecule has 76 valence electrons. The Morgan fingerprint density at radius 1 is 1.15 bits per heavy atom. The highest BCUT2D eigenvalue weighted by Crippen LogP contribution is 2.37. The second kappa shape index (κ2) is 3.58. The fourth-order valence-electron chi connectivity index (χ4n) is 2.98. The molecule has 2 fully saturated rings. The van der Waals surface area contributed by atoms with Gasteiger partial charge >= 0.3 is 0 Å². The zero-order chi connectivity index (χ0) is 9.31. The van der Waals surface area contributed by atoms with Crippen molar-refractivity contribution in [3.63, 3.8) is 0 Å². The van der Waals surface area contributed by atoms with Crippen LogP contribution in [-0.4, -0.2) is 23.3 Å². The summed E-state index contributed by atoms with van der Waals surface area (Å²) in [5.74, 6) is 0.545. The predicted octanol–water partition coefficient (Wildman–Crippen LogP) is 1.68. The predicted molar refractivity (Wildman–Crippen MR) is 53.6 cm³/mol. The lowest BCUT2D eigenvalue weighted by molar-refractivity contribution is -0.0276. The zero-order valence-electron chi connectivity index (χ0n) is 8.55. The summed E-state index contributed by atoms with van der Waals surface area (Å²) in [5, 5.41) is 13.9. The maximum Gasteiger partial charge on any atom is 0.0799 e. The van der Waals surface area contributed by atoms with Crippen molar-refractivity contribution in [3.8, 4) is 0 Å². The van der Waals surface area contributed by atoms with E-state index in [-0.39, 0.29) is 0 Å². The summed E-state index contributed by atoms with van der Waals surface area (Å²) >= 11 is 0. The Morgan fingerprint density at radius 2 is 1.85 bits per heavy atom. The van der Waals surface area contributed by atoms with Crippen molar-refractivity contribution in [3.05, 3.63) is 0 Å². The summed E-state index contributed by atoms with van der Waals surface area (Å²) in [7, 11) is 0. The molecule has 0 aromatic carbocycles. The molecule has 0 spiro atoms. The van der Waals surface area contributed by atoms with Gasteiger partial charge in [0.05, 0.1) is 5.60 Å². The van der Waals surface area contributed by atoms with Crippen LogP contribution in [0, 0.1) is 5.92 Å². The Labute approximate surface area is 80.7 Å². The minimum atomic E-state index is -0.451. The summed E-state index contributed by atoms with van der Waals surface area (Å²) in [6.45, 7) is 3.12. The lowest BCUT2D eigenvalue weighted by atomic mass is 9.81. The van der Waals surface area contributed by atoms with Crippen LogP contribution >= 0.6 is 0 Å². The highest BCUT2D eigenvalue weighted by atomic mass is 16.3. The second-order valence-corrected chi connectivity index (χ2v) is 4.86. The Morgan fingerprint density at radius 3 is 2.38 bits per heavy atom. The van der Waals surface area contributed by atoms with E-state index < -0.39 is 5.60 Å². The van der Waals surface area contributed by atoms with Gasteiger partial charge in [0.1, 0.15) is 0 Å². The third kappa shape index (κ3) is 1.75. The van der Waals surface area contributed by atoms with E-state index in [0.717, 1.165) is 13.0 Å². The first-order valence-corrected chi connectivity index (χ1v) is 5.67. The molecule has 13 heavy (non-hydrogen) atoms. The minimum absolute atomic E-state index is 0.357. The van der Waals surface area contributed by atoms with Crippen LogP contribution in [0.1, 0.15) is 45.4 Å². The third-order valence-corrected chi connectivity index (χ3v) is 3.95. The second-order valence-electron chi connectivity index (χ2n) is 4.86. The molecule has 0 bridgehead atoms. The number of hydrogen-bond acceptors (Lipinski definition) is 2. The van der Waals surface area contributed by atoms with E-state index in [1.165, 1.54) is 32.1 Å². The zero-order valence-corrected chi connectivity index (χ0v) is 8.55. The number of rotatable bonds is 2. The van der Waals surface area contributed by atoms with Gasteiger partial charge in [-0.05, 0) is 45.1 Å². The van der Waals surface area contributed by atoms with Gasteiger partial charge in [-0.15, -0.1) is 0 Å². The van der Waals surface area contributed by atoms with Crippen LogP contribution in [0.5, 0.6) is 0 Å². The van der Waals surface area contributed by atoms with Crippen LogP contribution in [0.25, 0.3) is 0 Å². The Hall–Kier alpha value is -0.0800. The molecule has 0 radical (unpaired) electrons. The van der Waals surface area contributed by atoms with Crippen LogP contribution in [0.2, 0.25) is 0 Å². The van der Waals surface area contributed by atoms with Gasteiger partial charge < -0.3 is 10.4 Å². The fraction of sp³-hybridized carbons (Fsp3) is 1.00. The van der Waals surface area contributed by atoms with E-state index in [1.807, 2.05) is 6.92 Å². The van der Waals surface area contributed by atoms with Crippen LogP contribution in [-0.2, 0) is 0 Å². The molecule has 2 nitrogen and oxygen atoms in total. The number of hydrogen-bond donors (Lipinski definition) is 2. The standard InChI is InChI=1S/C11H21NO/c1-11(13,9-5-2-3-6-9)10-7-4-8-12-10/h9-10,12-13H,2-8H2,1H3. The van der Waals surface area contributed by atoms with Crippen molar-refractivity contribution >= 4 is 0 Å². The molecule has 1 saturated carbocycles. The Kier molecular flexibility index (Phi) is 2.61. The largest absolute Gasteiger partial charge is 0.388 e. The van der Waals surface area contributed by atoms with Crippen molar-refractivity contribution in [1.29, 1.82) is 0 Å². The third-order valence-electron chi connectivity index (χ3n) is 3.95. The molecule has 1 aliphatic carbocycles. The van der Waals surface area contributed by atoms with Crippen molar-refractivity contribution < 1.29 is 5.11 Å². The van der Waals surface area contributed by atoms with Gasteiger partial charge in [0.2, 0.25) is 0 Å². The molecular weight excluding hydrogens is 162 g/mol. The molecular formula is C11H21NO. The van der Waals surface area contributed by atoms with Crippen molar-refractivity contribution in [2.24, 2.45) is 5.92 Å². The van der Waals surface area contributed by atoms with Crippen LogP contribution in [0.3, 0.4) is 0 Å². The van der Waals surface area contributed by atoms with Crippen molar-refractivity contribution in [2.45, 2.75) is 57.1 Å². The fourth-order valence-corrected chi connectivity index (χ4v) is 2.98. The van der Waals surface area contributed by atoms with E-state index in [2.05, 4.69) is 5.32 Å². The van der Waals surface area contributed by atoms with Crippen molar-refractivity contribution in [2.75, 3.05) is 6.54 Å². The smallest absolute Gasteiger partial charge is 0.0799 e. The summed E-state index contributed by atoms with van der Waals surface area (Å²) < 4.78 is 0. The minimum Gasteiger partial charge on any atom is -0.388 e. The molecule has 0 aromatic rings. The molecule has 2 N–H and O–H groups in total. The molecule has 1 saturated heterocycles. The molecule has 2 aliphatic rings. The summed E-state index contributed by atoms with van der Waals surface area (Å²) in [5.41, 5.74) is -0.451. The van der Waals surface area contributed by atoms with Gasteiger partial charge in [-0.2, -0.15) is 0 Å². The number of nitrogens with one attached hydrogen (secondary N) is 1. The Bertz CT molecular complexity index is 149. The van der Waals surface area contributed by atoms with E-state index in [9.17, 15) is 5.11 Å². The molecule has 1 heterocycles. The van der Waals surface area contributed by atoms with Gasteiger partial charge in [0.25, 0.3) is 0 Å². The monoisotopic (exact) mass is 183 g/mol. The SMILES string of the molecule is CC(O)(C1CCCC1)C1CCCN1. The van der Waals surface area contributed by atoms with Crippen molar-refractivity contribution in [1.82, 2.24) is 5.32 Å². The summed E-state index contributed by atoms with van der Waals surface area (Å²) in [6, 6.07) is 0.357. The molecule has 1 aliphatic heterocycles. The lowest BCUT2D eigenvalue weighted by Crippen LogP contribution is -2.50. The maximum atomic E-state index is 10.5. The van der Waals surface area contributed by atoms with Crippen LogP contribution in [0.4, 0.5) is 0 Å². The molecule has 2 unspecified atom stereocenters. The molecule has 0 amide bonds. The Balaban J connectivity index is 1.99. The summed E-state index contributed by atoms with van der Waals surface area (Å²) in [4.78, 5) is 0. The highest BCUT2D eigenvalue weighted by Gasteiger charge is 2.41. The summed E-state index contributed by atoms with van der Waals surface area (Å²) in [6.07, 6.45) is 7.47. The van der Waals surface area contributed by atoms with Crippen LogP contribution < -0.4 is 5.32 Å². The molecule has 0 aromatic heterocycles. The first-order valence-electron chi connectivity index (χ1n) is 5.67. The first kappa shape index (κ1) is 9.47. The molecule has 2 heteroatoms. The molecule has 2 rings (SSSR count). The van der Waals surface area contributed by atoms with Crippen LogP contribution in [0.15, 0.2) is 0 Å². The first-order chi connectivity index (χ1) is 6.21. The van der Waals surface area contributed by atoms with Gasteiger partial charge in [-0.3, -0.25) is 0 Å². The van der Waals surface area contributed by atoms with Gasteiger partial charge in [0.15, 0.2) is 0 Å². The van der Waals surface area contributed by atoms with E-state index in [1.54, 1.807) is 0 Å². The van der Waals surface area contributed by atoms with Gasteiger partial charge in [0, 0.05) is 6.04 Å². The highest BCUT2D eigenvalue weighted by molar-refractivity contribution is 4.97. The topological polar surface area (TPSA) is 32.3 Å². The van der Waals surface area contributed by atoms with E-state index >= 15 is 0 Å². The normalized spacial score (nSPS) is 35.1. The number of aliphatic hydroxyl groups is 1. The van der Waals surface area contributed by atoms with E-state index in [0.29, 0.717) is 12.0 Å².